The van der Waals surface area contributed by atoms with E-state index in [0.717, 1.165) is 42.7 Å². The van der Waals surface area contributed by atoms with Crippen molar-refractivity contribution in [3.05, 3.63) is 75.9 Å². The number of rotatable bonds is 7. The number of carbonyl (C=O) groups is 3. The highest BCUT2D eigenvalue weighted by Gasteiger charge is 2.39. The molecule has 0 spiro atoms. The zero-order chi connectivity index (χ0) is 35.0. The summed E-state index contributed by atoms with van der Waals surface area (Å²) in [6.45, 7) is 2.43. The minimum Gasteiger partial charge on any atom is -0.338 e. The molecule has 3 amide bonds. The Morgan fingerprint density at radius 3 is 2.33 bits per heavy atom. The quantitative estimate of drug-likeness (QED) is 0.280. The zero-order valence-electron chi connectivity index (χ0n) is 26.3. The maximum atomic E-state index is 14.0. The fourth-order valence-electron chi connectivity index (χ4n) is 6.01. The average molecular weight is 699 g/mol. The number of piperazine rings is 1. The summed E-state index contributed by atoms with van der Waals surface area (Å²) in [7, 11) is 3.32. The van der Waals surface area contributed by atoms with Crippen LogP contribution in [-0.4, -0.2) is 103 Å². The van der Waals surface area contributed by atoms with Gasteiger partial charge in [0.05, 0.1) is 40.3 Å². The normalized spacial score (nSPS) is 17.0. The number of imidazole rings is 1. The molecule has 1 atom stereocenters. The molecule has 2 fully saturated rings. The smallest absolute Gasteiger partial charge is 0.338 e. The molecule has 0 bridgehead atoms. The molecule has 2 aliphatic rings. The first-order valence-electron chi connectivity index (χ1n) is 15.2. The van der Waals surface area contributed by atoms with E-state index in [0.29, 0.717) is 26.2 Å². The molecule has 1 aromatic carbocycles. The third kappa shape index (κ3) is 6.76. The van der Waals surface area contributed by atoms with E-state index in [1.165, 1.54) is 41.9 Å². The first-order chi connectivity index (χ1) is 23.3. The van der Waals surface area contributed by atoms with Gasteiger partial charge in [-0.15, -0.1) is 4.91 Å². The Balaban J connectivity index is 1.14. The van der Waals surface area contributed by atoms with Gasteiger partial charge in [-0.3, -0.25) is 19.3 Å². The number of hydrogen-bond acceptors (Lipinski definition) is 9. The van der Waals surface area contributed by atoms with Crippen molar-refractivity contribution in [2.75, 3.05) is 45.1 Å². The third-order valence-corrected chi connectivity index (χ3v) is 8.98. The number of nitroso groups, excluding NO2 is 1. The van der Waals surface area contributed by atoms with Crippen LogP contribution in [0, 0.1) is 4.91 Å². The highest BCUT2D eigenvalue weighted by molar-refractivity contribution is 6.34. The maximum absolute atomic E-state index is 14.0. The minimum absolute atomic E-state index is 0.00718. The highest BCUT2D eigenvalue weighted by Crippen LogP contribution is 2.37. The van der Waals surface area contributed by atoms with Crippen molar-refractivity contribution < 1.29 is 27.6 Å². The second-order valence-electron chi connectivity index (χ2n) is 11.7. The van der Waals surface area contributed by atoms with Crippen LogP contribution in [-0.2, 0) is 18.0 Å². The van der Waals surface area contributed by atoms with Gasteiger partial charge in [0.15, 0.2) is 17.3 Å². The summed E-state index contributed by atoms with van der Waals surface area (Å²) in [4.78, 5) is 63.5. The predicted molar refractivity (Wildman–Crippen MR) is 172 cm³/mol. The molecular formula is C31H30ClF3N10O4. The van der Waals surface area contributed by atoms with Crippen molar-refractivity contribution in [2.24, 2.45) is 12.2 Å². The molecule has 256 valence electrons. The van der Waals surface area contributed by atoms with E-state index in [1.807, 2.05) is 7.05 Å². The van der Waals surface area contributed by atoms with Crippen LogP contribution in [0.3, 0.4) is 0 Å². The monoisotopic (exact) mass is 698 g/mol. The molecule has 2 aliphatic heterocycles. The van der Waals surface area contributed by atoms with Crippen LogP contribution in [0.5, 0.6) is 0 Å². The Labute approximate surface area is 282 Å². The number of hydrogen-bond donors (Lipinski definition) is 1. The summed E-state index contributed by atoms with van der Waals surface area (Å²) >= 11 is 6.47. The lowest BCUT2D eigenvalue weighted by atomic mass is 10.1. The van der Waals surface area contributed by atoms with E-state index in [4.69, 9.17) is 11.6 Å². The van der Waals surface area contributed by atoms with Crippen LogP contribution in [0.2, 0.25) is 5.02 Å². The van der Waals surface area contributed by atoms with Gasteiger partial charge >= 0.3 is 6.18 Å². The predicted octanol–water partition coefficient (Wildman–Crippen LogP) is 4.37. The topological polar surface area (TPSA) is 151 Å². The number of nitrogens with one attached hydrogen (secondary N) is 1. The Morgan fingerprint density at radius 2 is 1.71 bits per heavy atom. The maximum Gasteiger partial charge on any atom is 0.435 e. The van der Waals surface area contributed by atoms with Crippen molar-refractivity contribution in [3.63, 3.8) is 0 Å². The molecule has 6 rings (SSSR count). The van der Waals surface area contributed by atoms with Gasteiger partial charge < -0.3 is 19.7 Å². The molecule has 18 heteroatoms. The van der Waals surface area contributed by atoms with Gasteiger partial charge in [-0.1, -0.05) is 11.6 Å². The molecule has 0 saturated carbocycles. The van der Waals surface area contributed by atoms with Gasteiger partial charge in [-0.2, -0.15) is 18.3 Å². The number of benzene rings is 1. The Bertz CT molecular complexity index is 1920. The largest absolute Gasteiger partial charge is 0.435 e. The number of likely N-dealkylation sites (N-methyl/N-ethyl adjacent to an activating group) is 1. The van der Waals surface area contributed by atoms with Gasteiger partial charge in [0, 0.05) is 45.1 Å². The van der Waals surface area contributed by atoms with E-state index in [9.17, 15) is 32.5 Å². The number of aromatic nitrogens is 5. The summed E-state index contributed by atoms with van der Waals surface area (Å²) in [5.41, 5.74) is -1.20. The molecule has 2 saturated heterocycles. The minimum atomic E-state index is -4.86. The number of alkyl halides is 3. The Hall–Kier alpha value is -5.16. The van der Waals surface area contributed by atoms with Crippen LogP contribution in [0.1, 0.15) is 39.5 Å². The molecule has 5 heterocycles. The van der Waals surface area contributed by atoms with Gasteiger partial charge in [0.1, 0.15) is 5.69 Å². The summed E-state index contributed by atoms with van der Waals surface area (Å²) in [5.74, 6) is -1.17. The van der Waals surface area contributed by atoms with Crippen molar-refractivity contribution in [3.8, 4) is 17.1 Å². The summed E-state index contributed by atoms with van der Waals surface area (Å²) in [5, 5.41) is 9.08. The Kier molecular flexibility index (Phi) is 9.22. The lowest BCUT2D eigenvalue weighted by molar-refractivity contribution is -0.141. The molecule has 1 N–H and O–H groups in total. The van der Waals surface area contributed by atoms with Crippen LogP contribution in [0.4, 0.5) is 24.5 Å². The third-order valence-electron chi connectivity index (χ3n) is 8.66. The number of amides is 3. The molecule has 14 nitrogen and oxygen atoms in total. The first kappa shape index (κ1) is 33.7. The van der Waals surface area contributed by atoms with Crippen LogP contribution in [0.15, 0.2) is 54.1 Å². The molecule has 49 heavy (non-hydrogen) atoms. The number of carbonyl (C=O) groups excluding carboxylic acids is 3. The fourth-order valence-corrected chi connectivity index (χ4v) is 6.27. The molecular weight excluding hydrogens is 669 g/mol. The van der Waals surface area contributed by atoms with Crippen molar-refractivity contribution in [1.29, 1.82) is 0 Å². The SMILES string of the molecule is CN1CCCC1C(=O)N1CCN(C(=O)c2ccc(NC(=O)c3ncc(-c4cn(-c5ccc(N=O)cn5)nc4C(F)(F)F)n3C)cc2Cl)CC1. The van der Waals surface area contributed by atoms with Crippen molar-refractivity contribution >= 4 is 40.7 Å². The number of pyridine rings is 1. The highest BCUT2D eigenvalue weighted by atomic mass is 35.5. The summed E-state index contributed by atoms with van der Waals surface area (Å²) < 4.78 is 44.1. The number of anilines is 1. The lowest BCUT2D eigenvalue weighted by Crippen LogP contribution is -2.54. The molecule has 0 aliphatic carbocycles. The molecule has 3 aromatic heterocycles. The van der Waals surface area contributed by atoms with Crippen molar-refractivity contribution in [2.45, 2.75) is 25.1 Å². The lowest BCUT2D eigenvalue weighted by Gasteiger charge is -2.37. The van der Waals surface area contributed by atoms with Crippen LogP contribution < -0.4 is 5.32 Å². The first-order valence-corrected chi connectivity index (χ1v) is 15.6. The summed E-state index contributed by atoms with van der Waals surface area (Å²) in [6.07, 6.45) is 0.265. The number of halogens is 4. The standard InChI is InChI=1S/C31H30ClF3N10O4/c1-41-9-3-4-23(41)30(48)44-12-10-43(11-13-44)29(47)20-7-5-18(14-22(20)32)38-28(46)27-37-16-24(42(27)2)21-17-45(39-26(21)31(33,34)35)25-8-6-19(40-49)15-36-25/h5-8,14-17,23H,3-4,9-13H2,1-2H3,(H,38,46). The van der Waals surface area contributed by atoms with E-state index in [2.05, 4.69) is 30.5 Å². The molecule has 1 unspecified atom stereocenters. The zero-order valence-corrected chi connectivity index (χ0v) is 27.1. The average Bonchev–Trinajstić information content (AvgIpc) is 3.82. The Morgan fingerprint density at radius 1 is 0.980 bits per heavy atom. The molecule has 4 aromatic rings. The summed E-state index contributed by atoms with van der Waals surface area (Å²) in [6, 6.07) is 6.82. The number of nitrogens with zero attached hydrogens (tertiary/aromatic N) is 9. The van der Waals surface area contributed by atoms with E-state index in [1.54, 1.807) is 9.80 Å². The van der Waals surface area contributed by atoms with E-state index in [-0.39, 0.29) is 62.7 Å². The van der Waals surface area contributed by atoms with Gasteiger partial charge in [-0.05, 0) is 61.9 Å². The second-order valence-corrected chi connectivity index (χ2v) is 12.1. The molecule has 0 radical (unpaired) electrons. The van der Waals surface area contributed by atoms with Gasteiger partial charge in [0.25, 0.3) is 11.8 Å². The van der Waals surface area contributed by atoms with Crippen LogP contribution in [0.25, 0.3) is 17.1 Å². The van der Waals surface area contributed by atoms with Gasteiger partial charge in [0.2, 0.25) is 5.91 Å². The van der Waals surface area contributed by atoms with E-state index < -0.39 is 17.8 Å². The second kappa shape index (κ2) is 13.4. The van der Waals surface area contributed by atoms with Crippen LogP contribution >= 0.6 is 11.6 Å². The van der Waals surface area contributed by atoms with Crippen molar-refractivity contribution in [1.82, 2.24) is 39.0 Å². The van der Waals surface area contributed by atoms with E-state index >= 15 is 0 Å². The fraction of sp³-hybridized carbons (Fsp3) is 0.355. The number of likely N-dealkylation sites (tertiary alicyclic amines) is 1. The van der Waals surface area contributed by atoms with Gasteiger partial charge in [-0.25, -0.2) is 14.6 Å².